The lowest BCUT2D eigenvalue weighted by molar-refractivity contribution is -0.140. The fourth-order valence-electron chi connectivity index (χ4n) is 4.18. The summed E-state index contributed by atoms with van der Waals surface area (Å²) < 4.78 is 0. The van der Waals surface area contributed by atoms with Crippen molar-refractivity contribution in [2.24, 2.45) is 5.92 Å². The number of aromatic amines is 1. The Hall–Kier alpha value is -4.01. The molecule has 1 aromatic heterocycles. The number of hydrogen-bond acceptors (Lipinski definition) is 9. The first kappa shape index (κ1) is 30.5. The van der Waals surface area contributed by atoms with Crippen LogP contribution in [-0.4, -0.2) is 90.7 Å². The van der Waals surface area contributed by atoms with E-state index in [1.807, 2.05) is 37.3 Å². The molecule has 4 amide bonds. The molecule has 1 fully saturated rings. The van der Waals surface area contributed by atoms with Crippen LogP contribution < -0.4 is 16.0 Å². The van der Waals surface area contributed by atoms with E-state index in [1.54, 1.807) is 18.7 Å². The third-order valence-corrected chi connectivity index (χ3v) is 7.75. The molecule has 0 bridgehead atoms. The van der Waals surface area contributed by atoms with Gasteiger partial charge in [0, 0.05) is 23.1 Å². The van der Waals surface area contributed by atoms with Crippen molar-refractivity contribution < 1.29 is 29.1 Å². The molecule has 1 aromatic carbocycles. The maximum Gasteiger partial charge on any atom is 0.303 e. The number of amides is 4. The number of carbonyl (C=O) groups excluding carboxylic acids is 4. The van der Waals surface area contributed by atoms with Crippen LogP contribution in [0.3, 0.4) is 0 Å². The summed E-state index contributed by atoms with van der Waals surface area (Å²) in [6.07, 6.45) is 0.362. The Bertz CT molecular complexity index is 1170. The molecule has 1 saturated heterocycles. The second-order valence-corrected chi connectivity index (χ2v) is 10.8. The predicted molar refractivity (Wildman–Crippen MR) is 143 cm³/mol. The molecule has 1 aliphatic heterocycles. The lowest BCUT2D eigenvalue weighted by Crippen LogP contribution is -2.53. The number of hydrogen-bond donors (Lipinski definition) is 5. The number of thioether (sulfide) groups is 1. The van der Waals surface area contributed by atoms with E-state index in [2.05, 4.69) is 36.6 Å². The molecule has 1 unspecified atom stereocenters. The summed E-state index contributed by atoms with van der Waals surface area (Å²) in [6.45, 7) is 3.61. The molecule has 40 heavy (non-hydrogen) atoms. The molecule has 2 aromatic rings. The number of carbonyl (C=O) groups is 5. The van der Waals surface area contributed by atoms with E-state index in [9.17, 15) is 24.0 Å². The van der Waals surface area contributed by atoms with Crippen molar-refractivity contribution in [3.05, 3.63) is 36.2 Å². The average molecular weight is 575 g/mol. The number of aliphatic carboxylic acids is 1. The average Bonchev–Trinajstić information content (AvgIpc) is 3.62. The normalized spacial score (nSPS) is 18.0. The summed E-state index contributed by atoms with van der Waals surface area (Å²) in [5.41, 5.74) is 0. The SMILES string of the molecule is CC[C@H](C)[C@H](NC(=O)CCC(=O)O)C(=O)NCC(=O)N1C[C@H](Sc2ccccc2)CC1C(=O)NCc1nn[nH]n1. The number of tetrazole rings is 1. The molecular formula is C25H34N8O6S. The lowest BCUT2D eigenvalue weighted by Gasteiger charge is -2.26. The van der Waals surface area contributed by atoms with E-state index in [-0.39, 0.29) is 43.0 Å². The summed E-state index contributed by atoms with van der Waals surface area (Å²) in [5, 5.41) is 30.1. The monoisotopic (exact) mass is 574 g/mol. The van der Waals surface area contributed by atoms with Gasteiger partial charge in [-0.15, -0.1) is 22.0 Å². The van der Waals surface area contributed by atoms with Crippen LogP contribution in [0.25, 0.3) is 0 Å². The van der Waals surface area contributed by atoms with Crippen LogP contribution in [0.2, 0.25) is 0 Å². The largest absolute Gasteiger partial charge is 0.481 e. The van der Waals surface area contributed by atoms with Gasteiger partial charge < -0.3 is 26.0 Å². The van der Waals surface area contributed by atoms with Crippen molar-refractivity contribution >= 4 is 41.4 Å². The third-order valence-electron chi connectivity index (χ3n) is 6.53. The van der Waals surface area contributed by atoms with Crippen LogP contribution in [0.15, 0.2) is 35.2 Å². The Morgan fingerprint density at radius 2 is 1.90 bits per heavy atom. The van der Waals surface area contributed by atoms with Crippen molar-refractivity contribution in [1.82, 2.24) is 41.5 Å². The van der Waals surface area contributed by atoms with Crippen molar-refractivity contribution in [2.75, 3.05) is 13.1 Å². The quantitative estimate of drug-likeness (QED) is 0.206. The highest BCUT2D eigenvalue weighted by Crippen LogP contribution is 2.33. The standard InChI is InChI=1S/C25H34N8O6S/c1-3-15(2)23(28-20(34)9-10-22(36)37)25(39)27-13-21(35)33-14-17(40-16-7-5-4-6-8-16)11-18(33)24(38)26-12-19-29-31-32-30-19/h4-8,15,17-18,23H,3,9-14H2,1-2H3,(H,26,38)(H,27,39)(H,28,34)(H,36,37)(H,29,30,31,32)/t15-,17+,18?,23-/m0/s1. The zero-order valence-corrected chi connectivity index (χ0v) is 23.1. The van der Waals surface area contributed by atoms with Gasteiger partial charge in [0.15, 0.2) is 5.82 Å². The van der Waals surface area contributed by atoms with Gasteiger partial charge in [0.05, 0.1) is 19.5 Å². The fraction of sp³-hybridized carbons (Fsp3) is 0.520. The van der Waals surface area contributed by atoms with Crippen LogP contribution in [0, 0.1) is 5.92 Å². The van der Waals surface area contributed by atoms with Gasteiger partial charge in [0.1, 0.15) is 12.1 Å². The molecule has 1 aliphatic rings. The minimum atomic E-state index is -1.12. The minimum absolute atomic E-state index is 0.0409. The molecule has 4 atom stereocenters. The van der Waals surface area contributed by atoms with E-state index in [1.165, 1.54) is 4.90 Å². The Kier molecular flexibility index (Phi) is 11.4. The number of likely N-dealkylation sites (tertiary alicyclic amines) is 1. The van der Waals surface area contributed by atoms with Crippen LogP contribution in [0.5, 0.6) is 0 Å². The third kappa shape index (κ3) is 9.03. The molecule has 216 valence electrons. The molecule has 0 radical (unpaired) electrons. The van der Waals surface area contributed by atoms with E-state index < -0.39 is 35.8 Å². The van der Waals surface area contributed by atoms with Gasteiger partial charge in [-0.2, -0.15) is 5.21 Å². The number of rotatable bonds is 14. The highest BCUT2D eigenvalue weighted by Gasteiger charge is 2.40. The number of aromatic nitrogens is 4. The van der Waals surface area contributed by atoms with Crippen LogP contribution >= 0.6 is 11.8 Å². The Morgan fingerprint density at radius 3 is 2.55 bits per heavy atom. The van der Waals surface area contributed by atoms with Gasteiger partial charge in [-0.25, -0.2) is 0 Å². The van der Waals surface area contributed by atoms with Gasteiger partial charge in [-0.05, 0) is 24.5 Å². The second kappa shape index (κ2) is 15.0. The number of carboxylic acid groups (broad SMARTS) is 1. The van der Waals surface area contributed by atoms with Crippen LogP contribution in [0.1, 0.15) is 45.4 Å². The molecule has 5 N–H and O–H groups in total. The zero-order valence-electron chi connectivity index (χ0n) is 22.3. The van der Waals surface area contributed by atoms with E-state index in [0.29, 0.717) is 25.2 Å². The molecule has 0 spiro atoms. The summed E-state index contributed by atoms with van der Waals surface area (Å²) in [6, 6.07) is 7.96. The topological polar surface area (TPSA) is 199 Å². The second-order valence-electron chi connectivity index (χ2n) is 9.44. The van der Waals surface area contributed by atoms with Crippen molar-refractivity contribution in [3.63, 3.8) is 0 Å². The summed E-state index contributed by atoms with van der Waals surface area (Å²) in [5.74, 6) is -3.01. The predicted octanol–water partition coefficient (Wildman–Crippen LogP) is 0.0896. The van der Waals surface area contributed by atoms with E-state index in [4.69, 9.17) is 5.11 Å². The Labute approximate surface area is 235 Å². The first-order chi connectivity index (χ1) is 19.2. The molecule has 0 saturated carbocycles. The highest BCUT2D eigenvalue weighted by atomic mass is 32.2. The van der Waals surface area contributed by atoms with Gasteiger partial charge in [-0.1, -0.05) is 43.7 Å². The van der Waals surface area contributed by atoms with Crippen molar-refractivity contribution in [1.29, 1.82) is 0 Å². The molecule has 3 rings (SSSR count). The smallest absolute Gasteiger partial charge is 0.303 e. The molecule has 15 heteroatoms. The number of nitrogens with zero attached hydrogens (tertiary/aromatic N) is 4. The Morgan fingerprint density at radius 1 is 1.15 bits per heavy atom. The first-order valence-corrected chi connectivity index (χ1v) is 13.9. The van der Waals surface area contributed by atoms with Gasteiger partial charge >= 0.3 is 5.97 Å². The molecule has 2 heterocycles. The lowest BCUT2D eigenvalue weighted by atomic mass is 9.98. The van der Waals surface area contributed by atoms with E-state index in [0.717, 1.165) is 4.90 Å². The Balaban J connectivity index is 1.64. The summed E-state index contributed by atoms with van der Waals surface area (Å²) >= 11 is 1.57. The van der Waals surface area contributed by atoms with Crippen LogP contribution in [-0.2, 0) is 30.5 Å². The van der Waals surface area contributed by atoms with Gasteiger partial charge in [0.25, 0.3) is 0 Å². The number of carboxylic acids is 1. The van der Waals surface area contributed by atoms with E-state index >= 15 is 0 Å². The number of H-pyrrole nitrogens is 1. The fourth-order valence-corrected chi connectivity index (χ4v) is 5.39. The maximum atomic E-state index is 13.3. The van der Waals surface area contributed by atoms with Crippen molar-refractivity contribution in [2.45, 2.75) is 68.3 Å². The van der Waals surface area contributed by atoms with Crippen LogP contribution in [0.4, 0.5) is 0 Å². The van der Waals surface area contributed by atoms with Gasteiger partial charge in [0.2, 0.25) is 23.6 Å². The minimum Gasteiger partial charge on any atom is -0.481 e. The summed E-state index contributed by atoms with van der Waals surface area (Å²) in [7, 11) is 0. The number of nitrogens with one attached hydrogen (secondary N) is 4. The molecule has 0 aliphatic carbocycles. The van der Waals surface area contributed by atoms with Gasteiger partial charge in [-0.3, -0.25) is 24.0 Å². The molecule has 14 nitrogen and oxygen atoms in total. The highest BCUT2D eigenvalue weighted by molar-refractivity contribution is 8.00. The summed E-state index contributed by atoms with van der Waals surface area (Å²) in [4.78, 5) is 64.8. The van der Waals surface area contributed by atoms with Crippen molar-refractivity contribution in [3.8, 4) is 0 Å². The zero-order chi connectivity index (χ0) is 29.1. The molecular weight excluding hydrogens is 540 g/mol. The maximum absolute atomic E-state index is 13.3. The first-order valence-electron chi connectivity index (χ1n) is 13.0. The number of benzene rings is 1.